The van der Waals surface area contributed by atoms with Gasteiger partial charge in [-0.05, 0) is 55.0 Å². The highest BCUT2D eigenvalue weighted by molar-refractivity contribution is 8.26. The van der Waals surface area contributed by atoms with E-state index in [0.717, 1.165) is 23.1 Å². The largest absolute Gasteiger partial charge is 0.494 e. The standard InChI is InChI=1S/C20H17FN2O3S2/c1-2-26-16-9-3-13(4-10-16)11-17-19(25)23(20(27)28-17)12-18(24)22-15-7-5-14(21)6-8-15/h3-11H,2,12H2,1H3,(H,22,24). The van der Waals surface area contributed by atoms with Gasteiger partial charge in [0.2, 0.25) is 5.91 Å². The van der Waals surface area contributed by atoms with Crippen molar-refractivity contribution in [2.24, 2.45) is 0 Å². The second kappa shape index (κ2) is 8.99. The fraction of sp³-hybridized carbons (Fsp3) is 0.150. The van der Waals surface area contributed by atoms with Gasteiger partial charge in [-0.25, -0.2) is 4.39 Å². The van der Waals surface area contributed by atoms with Crippen molar-refractivity contribution in [3.63, 3.8) is 0 Å². The summed E-state index contributed by atoms with van der Waals surface area (Å²) >= 11 is 6.39. The van der Waals surface area contributed by atoms with Crippen LogP contribution >= 0.6 is 24.0 Å². The molecule has 0 aromatic heterocycles. The smallest absolute Gasteiger partial charge is 0.266 e. The molecule has 1 saturated heterocycles. The van der Waals surface area contributed by atoms with Crippen LogP contribution in [0, 0.1) is 5.82 Å². The molecule has 2 amide bonds. The molecule has 5 nitrogen and oxygen atoms in total. The molecule has 0 spiro atoms. The van der Waals surface area contributed by atoms with Crippen molar-refractivity contribution in [3.05, 3.63) is 64.8 Å². The van der Waals surface area contributed by atoms with Gasteiger partial charge in [-0.2, -0.15) is 0 Å². The van der Waals surface area contributed by atoms with Crippen molar-refractivity contribution < 1.29 is 18.7 Å². The van der Waals surface area contributed by atoms with Crippen LogP contribution < -0.4 is 10.1 Å². The Morgan fingerprint density at radius 3 is 2.54 bits per heavy atom. The highest BCUT2D eigenvalue weighted by atomic mass is 32.2. The minimum Gasteiger partial charge on any atom is -0.494 e. The number of halogens is 1. The third-order valence-electron chi connectivity index (χ3n) is 3.79. The summed E-state index contributed by atoms with van der Waals surface area (Å²) in [5, 5.41) is 2.62. The number of ether oxygens (including phenoxy) is 1. The van der Waals surface area contributed by atoms with E-state index in [4.69, 9.17) is 17.0 Å². The van der Waals surface area contributed by atoms with Gasteiger partial charge in [0.1, 0.15) is 22.4 Å². The van der Waals surface area contributed by atoms with E-state index in [1.54, 1.807) is 6.08 Å². The van der Waals surface area contributed by atoms with E-state index in [2.05, 4.69) is 5.32 Å². The summed E-state index contributed by atoms with van der Waals surface area (Å²) in [7, 11) is 0. The van der Waals surface area contributed by atoms with Crippen LogP contribution in [0.1, 0.15) is 12.5 Å². The van der Waals surface area contributed by atoms with E-state index in [0.29, 0.717) is 21.5 Å². The van der Waals surface area contributed by atoms with Gasteiger partial charge in [-0.15, -0.1) is 0 Å². The number of rotatable bonds is 6. The lowest BCUT2D eigenvalue weighted by atomic mass is 10.2. The molecule has 1 aliphatic heterocycles. The third-order valence-corrected chi connectivity index (χ3v) is 5.17. The molecule has 0 radical (unpaired) electrons. The van der Waals surface area contributed by atoms with Crippen molar-refractivity contribution in [3.8, 4) is 5.75 Å². The Hall–Kier alpha value is -2.71. The minimum absolute atomic E-state index is 0.206. The summed E-state index contributed by atoms with van der Waals surface area (Å²) < 4.78 is 18.7. The van der Waals surface area contributed by atoms with Crippen molar-refractivity contribution >= 4 is 51.9 Å². The molecule has 0 aliphatic carbocycles. The molecule has 1 aliphatic rings. The molecule has 0 unspecified atom stereocenters. The summed E-state index contributed by atoms with van der Waals surface area (Å²) in [5.41, 5.74) is 1.28. The van der Waals surface area contributed by atoms with Crippen molar-refractivity contribution in [1.82, 2.24) is 4.90 Å². The van der Waals surface area contributed by atoms with Gasteiger partial charge in [0.05, 0.1) is 11.5 Å². The lowest BCUT2D eigenvalue weighted by Crippen LogP contribution is -2.36. The topological polar surface area (TPSA) is 58.6 Å². The first-order chi connectivity index (χ1) is 13.5. The molecule has 1 heterocycles. The second-order valence-electron chi connectivity index (χ2n) is 5.82. The lowest BCUT2D eigenvalue weighted by Gasteiger charge is -2.14. The number of thiocarbonyl (C=S) groups is 1. The zero-order chi connectivity index (χ0) is 20.1. The maximum atomic E-state index is 12.9. The predicted molar refractivity (Wildman–Crippen MR) is 113 cm³/mol. The number of carbonyl (C=O) groups excluding carboxylic acids is 2. The molecule has 3 rings (SSSR count). The molecule has 1 fully saturated rings. The van der Waals surface area contributed by atoms with E-state index in [1.165, 1.54) is 29.2 Å². The number of nitrogens with one attached hydrogen (secondary N) is 1. The van der Waals surface area contributed by atoms with E-state index >= 15 is 0 Å². The first-order valence-corrected chi connectivity index (χ1v) is 9.72. The Morgan fingerprint density at radius 1 is 1.21 bits per heavy atom. The Bertz CT molecular complexity index is 927. The first-order valence-electron chi connectivity index (χ1n) is 8.50. The molecule has 1 N–H and O–H groups in total. The van der Waals surface area contributed by atoms with Crippen LogP contribution in [-0.4, -0.2) is 34.2 Å². The van der Waals surface area contributed by atoms with Crippen LogP contribution in [0.3, 0.4) is 0 Å². The molecule has 28 heavy (non-hydrogen) atoms. The molecular formula is C20H17FN2O3S2. The van der Waals surface area contributed by atoms with Crippen LogP contribution in [-0.2, 0) is 9.59 Å². The van der Waals surface area contributed by atoms with Gasteiger partial charge in [-0.1, -0.05) is 36.1 Å². The Morgan fingerprint density at radius 2 is 1.89 bits per heavy atom. The van der Waals surface area contributed by atoms with Gasteiger partial charge in [0.25, 0.3) is 5.91 Å². The number of hydrogen-bond donors (Lipinski definition) is 1. The van der Waals surface area contributed by atoms with Gasteiger partial charge in [0, 0.05) is 5.69 Å². The minimum atomic E-state index is -0.412. The molecular weight excluding hydrogens is 399 g/mol. The summed E-state index contributed by atoms with van der Waals surface area (Å²) in [6.45, 7) is 2.28. The SMILES string of the molecule is CCOc1ccc(C=C2SC(=S)N(CC(=O)Nc3ccc(F)cc3)C2=O)cc1. The van der Waals surface area contributed by atoms with Gasteiger partial charge in [0.15, 0.2) is 0 Å². The molecule has 0 saturated carbocycles. The maximum Gasteiger partial charge on any atom is 0.266 e. The zero-order valence-corrected chi connectivity index (χ0v) is 16.6. The molecule has 0 bridgehead atoms. The Balaban J connectivity index is 1.65. The molecule has 144 valence electrons. The van der Waals surface area contributed by atoms with Gasteiger partial charge < -0.3 is 10.1 Å². The average Bonchev–Trinajstić information content (AvgIpc) is 2.93. The quantitative estimate of drug-likeness (QED) is 0.568. The predicted octanol–water partition coefficient (Wildman–Crippen LogP) is 4.06. The third kappa shape index (κ3) is 4.96. The number of nitrogens with zero attached hydrogens (tertiary/aromatic N) is 1. The van der Waals surface area contributed by atoms with E-state index in [1.807, 2.05) is 31.2 Å². The Kier molecular flexibility index (Phi) is 6.43. The summed E-state index contributed by atoms with van der Waals surface area (Å²) in [5.74, 6) is -0.373. The van der Waals surface area contributed by atoms with Crippen molar-refractivity contribution in [2.75, 3.05) is 18.5 Å². The highest BCUT2D eigenvalue weighted by Crippen LogP contribution is 2.32. The number of carbonyl (C=O) groups is 2. The molecule has 2 aromatic rings. The zero-order valence-electron chi connectivity index (χ0n) is 15.0. The molecule has 8 heteroatoms. The fourth-order valence-electron chi connectivity index (χ4n) is 2.49. The number of amides is 2. The lowest BCUT2D eigenvalue weighted by molar-refractivity contribution is -0.126. The number of anilines is 1. The van der Waals surface area contributed by atoms with E-state index in [9.17, 15) is 14.0 Å². The van der Waals surface area contributed by atoms with Crippen molar-refractivity contribution in [1.29, 1.82) is 0 Å². The van der Waals surface area contributed by atoms with Crippen LogP contribution in [0.15, 0.2) is 53.4 Å². The normalized spacial score (nSPS) is 15.2. The highest BCUT2D eigenvalue weighted by Gasteiger charge is 2.33. The Labute approximate surface area is 171 Å². The molecule has 0 atom stereocenters. The number of hydrogen-bond acceptors (Lipinski definition) is 5. The van der Waals surface area contributed by atoms with Crippen LogP contribution in [0.25, 0.3) is 6.08 Å². The van der Waals surface area contributed by atoms with E-state index < -0.39 is 11.7 Å². The van der Waals surface area contributed by atoms with Gasteiger partial charge in [-0.3, -0.25) is 14.5 Å². The van der Waals surface area contributed by atoms with Crippen LogP contribution in [0.5, 0.6) is 5.75 Å². The first kappa shape index (κ1) is 20.0. The summed E-state index contributed by atoms with van der Waals surface area (Å²) in [6, 6.07) is 12.7. The number of benzene rings is 2. The van der Waals surface area contributed by atoms with Gasteiger partial charge >= 0.3 is 0 Å². The van der Waals surface area contributed by atoms with Crippen LogP contribution in [0.4, 0.5) is 10.1 Å². The van der Waals surface area contributed by atoms with Crippen molar-refractivity contribution in [2.45, 2.75) is 6.92 Å². The fourth-order valence-corrected chi connectivity index (χ4v) is 3.75. The summed E-state index contributed by atoms with van der Waals surface area (Å²) in [4.78, 5) is 26.5. The molecule has 2 aromatic carbocycles. The number of thioether (sulfide) groups is 1. The summed E-state index contributed by atoms with van der Waals surface area (Å²) in [6.07, 6.45) is 1.73. The maximum absolute atomic E-state index is 12.9. The van der Waals surface area contributed by atoms with E-state index in [-0.39, 0.29) is 12.5 Å². The average molecular weight is 416 g/mol. The monoisotopic (exact) mass is 416 g/mol. The van der Waals surface area contributed by atoms with Crippen LogP contribution in [0.2, 0.25) is 0 Å². The second-order valence-corrected chi connectivity index (χ2v) is 7.50.